The van der Waals surface area contributed by atoms with Crippen LogP contribution in [-0.4, -0.2) is 25.1 Å². The molecule has 1 amide bonds. The zero-order valence-electron chi connectivity index (χ0n) is 15.1. The largest absolute Gasteiger partial charge is 0.490 e. The molecule has 1 aliphatic carbocycles. The Balaban J connectivity index is 1.60. The standard InChI is InChI=1S/C22H26N2O2/c1-2-15-24(19-10-4-3-5-11-19)22(25)17-23-18-9-8-14-21(16-18)26-20-12-6-7-13-20/h2-5,8-11,14,16,20,23H,1,6-7,12-13,15,17H2. The average Bonchev–Trinajstić information content (AvgIpc) is 3.18. The predicted octanol–water partition coefficient (Wildman–Crippen LogP) is 4.64. The van der Waals surface area contributed by atoms with Crippen LogP contribution in [-0.2, 0) is 4.79 Å². The van der Waals surface area contributed by atoms with Crippen molar-refractivity contribution < 1.29 is 9.53 Å². The predicted molar refractivity (Wildman–Crippen MR) is 107 cm³/mol. The van der Waals surface area contributed by atoms with Crippen molar-refractivity contribution in [3.63, 3.8) is 0 Å². The van der Waals surface area contributed by atoms with E-state index in [4.69, 9.17) is 4.74 Å². The molecule has 3 rings (SSSR count). The molecular formula is C22H26N2O2. The maximum absolute atomic E-state index is 12.7. The van der Waals surface area contributed by atoms with Crippen molar-refractivity contribution in [3.8, 4) is 5.75 Å². The lowest BCUT2D eigenvalue weighted by molar-refractivity contribution is -0.116. The lowest BCUT2D eigenvalue weighted by atomic mass is 10.2. The topological polar surface area (TPSA) is 41.6 Å². The van der Waals surface area contributed by atoms with E-state index >= 15 is 0 Å². The summed E-state index contributed by atoms with van der Waals surface area (Å²) in [6.07, 6.45) is 6.81. The van der Waals surface area contributed by atoms with E-state index in [2.05, 4.69) is 11.9 Å². The Morgan fingerprint density at radius 1 is 1.15 bits per heavy atom. The summed E-state index contributed by atoms with van der Waals surface area (Å²) < 4.78 is 6.03. The Morgan fingerprint density at radius 3 is 2.65 bits per heavy atom. The summed E-state index contributed by atoms with van der Waals surface area (Å²) in [7, 11) is 0. The molecule has 2 aromatic carbocycles. The van der Waals surface area contributed by atoms with Crippen LogP contribution in [0.25, 0.3) is 0 Å². The molecule has 0 unspecified atom stereocenters. The number of nitrogens with one attached hydrogen (secondary N) is 1. The van der Waals surface area contributed by atoms with Gasteiger partial charge in [-0.2, -0.15) is 0 Å². The van der Waals surface area contributed by atoms with Crippen LogP contribution in [0.4, 0.5) is 11.4 Å². The number of hydrogen-bond acceptors (Lipinski definition) is 3. The van der Waals surface area contributed by atoms with Gasteiger partial charge in [-0.25, -0.2) is 0 Å². The van der Waals surface area contributed by atoms with E-state index in [1.807, 2.05) is 54.6 Å². The quantitative estimate of drug-likeness (QED) is 0.705. The number of rotatable bonds is 8. The monoisotopic (exact) mass is 350 g/mol. The van der Waals surface area contributed by atoms with Crippen molar-refractivity contribution in [3.05, 3.63) is 67.3 Å². The lowest BCUT2D eigenvalue weighted by Crippen LogP contribution is -2.35. The molecule has 0 atom stereocenters. The molecule has 0 saturated heterocycles. The molecular weight excluding hydrogens is 324 g/mol. The van der Waals surface area contributed by atoms with Crippen molar-refractivity contribution in [1.82, 2.24) is 0 Å². The third-order valence-electron chi connectivity index (χ3n) is 4.56. The number of nitrogens with zero attached hydrogens (tertiary/aromatic N) is 1. The SMILES string of the molecule is C=CCN(C(=O)CNc1cccc(OC2CCCC2)c1)c1ccccc1. The van der Waals surface area contributed by atoms with Crippen molar-refractivity contribution in [2.24, 2.45) is 0 Å². The van der Waals surface area contributed by atoms with Crippen LogP contribution in [0.1, 0.15) is 25.7 Å². The number of ether oxygens (including phenoxy) is 1. The van der Waals surface area contributed by atoms with Gasteiger partial charge in [-0.05, 0) is 49.9 Å². The highest BCUT2D eigenvalue weighted by atomic mass is 16.5. The summed E-state index contributed by atoms with van der Waals surface area (Å²) in [5.74, 6) is 0.860. The smallest absolute Gasteiger partial charge is 0.246 e. The number of benzene rings is 2. The number of amides is 1. The van der Waals surface area contributed by atoms with E-state index in [1.54, 1.807) is 11.0 Å². The number of carbonyl (C=O) groups is 1. The number of carbonyl (C=O) groups excluding carboxylic acids is 1. The van der Waals surface area contributed by atoms with Crippen LogP contribution in [0.3, 0.4) is 0 Å². The van der Waals surface area contributed by atoms with Gasteiger partial charge in [0.15, 0.2) is 0 Å². The Morgan fingerprint density at radius 2 is 1.92 bits per heavy atom. The van der Waals surface area contributed by atoms with E-state index in [0.29, 0.717) is 12.6 Å². The van der Waals surface area contributed by atoms with Crippen LogP contribution >= 0.6 is 0 Å². The second-order valence-electron chi connectivity index (χ2n) is 6.53. The molecule has 26 heavy (non-hydrogen) atoms. The fourth-order valence-corrected chi connectivity index (χ4v) is 3.24. The Bertz CT molecular complexity index is 724. The Labute approximate surface area is 155 Å². The maximum Gasteiger partial charge on any atom is 0.246 e. The van der Waals surface area contributed by atoms with Gasteiger partial charge in [0.1, 0.15) is 5.75 Å². The molecule has 0 aliphatic heterocycles. The average molecular weight is 350 g/mol. The molecule has 4 heteroatoms. The third-order valence-corrected chi connectivity index (χ3v) is 4.56. The zero-order valence-corrected chi connectivity index (χ0v) is 15.1. The van der Waals surface area contributed by atoms with Gasteiger partial charge in [0.2, 0.25) is 5.91 Å². The van der Waals surface area contributed by atoms with Crippen molar-refractivity contribution in [2.75, 3.05) is 23.3 Å². The maximum atomic E-state index is 12.7. The molecule has 4 nitrogen and oxygen atoms in total. The molecule has 1 saturated carbocycles. The van der Waals surface area contributed by atoms with Gasteiger partial charge in [-0.3, -0.25) is 4.79 Å². The van der Waals surface area contributed by atoms with E-state index in [1.165, 1.54) is 12.8 Å². The van der Waals surface area contributed by atoms with E-state index in [9.17, 15) is 4.79 Å². The van der Waals surface area contributed by atoms with Crippen molar-refractivity contribution in [2.45, 2.75) is 31.8 Å². The zero-order chi connectivity index (χ0) is 18.2. The second-order valence-corrected chi connectivity index (χ2v) is 6.53. The van der Waals surface area contributed by atoms with Crippen molar-refractivity contribution in [1.29, 1.82) is 0 Å². The molecule has 0 aromatic heterocycles. The molecule has 1 aliphatic rings. The minimum atomic E-state index is -0.00165. The van der Waals surface area contributed by atoms with Crippen molar-refractivity contribution >= 4 is 17.3 Å². The minimum absolute atomic E-state index is 0.00165. The first-order valence-corrected chi connectivity index (χ1v) is 9.23. The molecule has 0 spiro atoms. The summed E-state index contributed by atoms with van der Waals surface area (Å²) in [5, 5.41) is 3.21. The highest BCUT2D eigenvalue weighted by Gasteiger charge is 2.17. The lowest BCUT2D eigenvalue weighted by Gasteiger charge is -2.22. The minimum Gasteiger partial charge on any atom is -0.490 e. The second kappa shape index (κ2) is 9.09. The van der Waals surface area contributed by atoms with E-state index < -0.39 is 0 Å². The summed E-state index contributed by atoms with van der Waals surface area (Å²) >= 11 is 0. The van der Waals surface area contributed by atoms with Crippen LogP contribution in [0.2, 0.25) is 0 Å². The van der Waals surface area contributed by atoms with Crippen LogP contribution < -0.4 is 15.0 Å². The van der Waals surface area contributed by atoms with Crippen LogP contribution in [0.15, 0.2) is 67.3 Å². The third kappa shape index (κ3) is 4.88. The fraction of sp³-hybridized carbons (Fsp3) is 0.318. The van der Waals surface area contributed by atoms with E-state index in [-0.39, 0.29) is 12.5 Å². The van der Waals surface area contributed by atoms with Gasteiger partial charge in [0.05, 0.1) is 12.6 Å². The Kier molecular flexibility index (Phi) is 6.31. The summed E-state index contributed by atoms with van der Waals surface area (Å²) in [6.45, 7) is 4.46. The van der Waals surface area contributed by atoms with Crippen LogP contribution in [0, 0.1) is 0 Å². The van der Waals surface area contributed by atoms with Gasteiger partial charge < -0.3 is 15.0 Å². The Hall–Kier alpha value is -2.75. The number of anilines is 2. The van der Waals surface area contributed by atoms with Gasteiger partial charge in [-0.15, -0.1) is 6.58 Å². The number of hydrogen-bond donors (Lipinski definition) is 1. The molecule has 0 radical (unpaired) electrons. The molecule has 1 N–H and O–H groups in total. The molecule has 0 heterocycles. The molecule has 1 fully saturated rings. The summed E-state index contributed by atoms with van der Waals surface area (Å²) in [6, 6.07) is 17.5. The summed E-state index contributed by atoms with van der Waals surface area (Å²) in [4.78, 5) is 14.4. The van der Waals surface area contributed by atoms with Gasteiger partial charge in [-0.1, -0.05) is 30.3 Å². The highest BCUT2D eigenvalue weighted by molar-refractivity contribution is 5.96. The summed E-state index contributed by atoms with van der Waals surface area (Å²) in [5.41, 5.74) is 1.76. The highest BCUT2D eigenvalue weighted by Crippen LogP contribution is 2.25. The number of para-hydroxylation sites is 1. The molecule has 0 bridgehead atoms. The van der Waals surface area contributed by atoms with Gasteiger partial charge >= 0.3 is 0 Å². The first-order chi connectivity index (χ1) is 12.8. The fourth-order valence-electron chi connectivity index (χ4n) is 3.24. The van der Waals surface area contributed by atoms with Gasteiger partial charge in [0.25, 0.3) is 0 Å². The van der Waals surface area contributed by atoms with Crippen LogP contribution in [0.5, 0.6) is 5.75 Å². The first kappa shape index (κ1) is 18.1. The normalized spacial score (nSPS) is 14.0. The van der Waals surface area contributed by atoms with E-state index in [0.717, 1.165) is 30.0 Å². The first-order valence-electron chi connectivity index (χ1n) is 9.23. The molecule has 136 valence electrons. The molecule has 2 aromatic rings. The van der Waals surface area contributed by atoms with Gasteiger partial charge in [0, 0.05) is 24.0 Å².